The Morgan fingerprint density at radius 3 is 2.74 bits per heavy atom. The number of aromatic carboxylic acids is 1. The average molecular weight is 257 g/mol. The quantitative estimate of drug-likeness (QED) is 0.761. The molecule has 0 bridgehead atoms. The Labute approximate surface area is 108 Å². The van der Waals surface area contributed by atoms with Crippen molar-refractivity contribution in [3.63, 3.8) is 0 Å². The molecule has 0 aliphatic carbocycles. The summed E-state index contributed by atoms with van der Waals surface area (Å²) in [6.07, 6.45) is 0. The molecule has 3 aromatic rings. The van der Waals surface area contributed by atoms with Gasteiger partial charge in [-0.15, -0.1) is 0 Å². The van der Waals surface area contributed by atoms with Gasteiger partial charge in [0.05, 0.1) is 5.69 Å². The standard InChI is InChI=1S/C13H11N3O3/c1-7-5-12-14-9(11-4-3-8(2)19-11)6-10(13(17)18)16(12)15-7/h3-6H,1-2H3,(H,17,18). The molecule has 6 heteroatoms. The van der Waals surface area contributed by atoms with Crippen LogP contribution in [0.5, 0.6) is 0 Å². The van der Waals surface area contributed by atoms with Gasteiger partial charge in [0.1, 0.15) is 11.5 Å². The molecule has 0 aliphatic heterocycles. The van der Waals surface area contributed by atoms with E-state index in [1.54, 1.807) is 19.1 Å². The summed E-state index contributed by atoms with van der Waals surface area (Å²) in [6, 6.07) is 6.76. The number of carboxylic acid groups (broad SMARTS) is 1. The smallest absolute Gasteiger partial charge is 0.354 e. The van der Waals surface area contributed by atoms with Crippen LogP contribution in [0.4, 0.5) is 0 Å². The molecule has 0 aliphatic rings. The van der Waals surface area contributed by atoms with Crippen LogP contribution >= 0.6 is 0 Å². The number of hydrogen-bond donors (Lipinski definition) is 1. The number of rotatable bonds is 2. The van der Waals surface area contributed by atoms with Gasteiger partial charge >= 0.3 is 5.97 Å². The molecular formula is C13H11N3O3. The van der Waals surface area contributed by atoms with Gasteiger partial charge in [-0.1, -0.05) is 0 Å². The Balaban J connectivity index is 2.29. The van der Waals surface area contributed by atoms with Crippen molar-refractivity contribution in [3.8, 4) is 11.5 Å². The lowest BCUT2D eigenvalue weighted by Crippen LogP contribution is -2.08. The summed E-state index contributed by atoms with van der Waals surface area (Å²) in [4.78, 5) is 15.7. The zero-order valence-corrected chi connectivity index (χ0v) is 10.4. The van der Waals surface area contributed by atoms with Gasteiger partial charge in [-0.05, 0) is 26.0 Å². The van der Waals surface area contributed by atoms with Crippen LogP contribution < -0.4 is 0 Å². The fraction of sp³-hybridized carbons (Fsp3) is 0.154. The first-order valence-corrected chi connectivity index (χ1v) is 5.72. The van der Waals surface area contributed by atoms with Gasteiger partial charge in [-0.2, -0.15) is 5.10 Å². The summed E-state index contributed by atoms with van der Waals surface area (Å²) in [5.74, 6) is 0.236. The van der Waals surface area contributed by atoms with Gasteiger partial charge in [0.25, 0.3) is 0 Å². The van der Waals surface area contributed by atoms with Gasteiger partial charge in [0.15, 0.2) is 17.1 Å². The van der Waals surface area contributed by atoms with Crippen LogP contribution in [0.3, 0.4) is 0 Å². The molecule has 0 spiro atoms. The predicted octanol–water partition coefficient (Wildman–Crippen LogP) is 2.30. The minimum Gasteiger partial charge on any atom is -0.477 e. The maximum absolute atomic E-state index is 11.3. The van der Waals surface area contributed by atoms with Crippen LogP contribution in [0.25, 0.3) is 17.1 Å². The second-order valence-corrected chi connectivity index (χ2v) is 4.30. The number of aromatic nitrogens is 3. The van der Waals surface area contributed by atoms with Crippen molar-refractivity contribution in [2.24, 2.45) is 0 Å². The van der Waals surface area contributed by atoms with E-state index < -0.39 is 5.97 Å². The molecular weight excluding hydrogens is 246 g/mol. The summed E-state index contributed by atoms with van der Waals surface area (Å²) >= 11 is 0. The SMILES string of the molecule is Cc1cc2nc(-c3ccc(C)o3)cc(C(=O)O)n2n1. The first-order valence-electron chi connectivity index (χ1n) is 5.72. The molecule has 3 aromatic heterocycles. The largest absolute Gasteiger partial charge is 0.477 e. The number of nitrogens with zero attached hydrogens (tertiary/aromatic N) is 3. The Morgan fingerprint density at radius 2 is 2.11 bits per heavy atom. The highest BCUT2D eigenvalue weighted by Crippen LogP contribution is 2.22. The molecule has 0 radical (unpaired) electrons. The number of furan rings is 1. The van der Waals surface area contributed by atoms with E-state index >= 15 is 0 Å². The minimum atomic E-state index is -1.06. The zero-order chi connectivity index (χ0) is 13.6. The topological polar surface area (TPSA) is 80.6 Å². The Morgan fingerprint density at radius 1 is 1.32 bits per heavy atom. The van der Waals surface area contributed by atoms with Gasteiger partial charge in [0, 0.05) is 12.1 Å². The van der Waals surface area contributed by atoms with Crippen molar-refractivity contribution < 1.29 is 14.3 Å². The van der Waals surface area contributed by atoms with E-state index in [1.165, 1.54) is 10.6 Å². The zero-order valence-electron chi connectivity index (χ0n) is 10.4. The number of fused-ring (bicyclic) bond motifs is 1. The lowest BCUT2D eigenvalue weighted by Gasteiger charge is -2.02. The summed E-state index contributed by atoms with van der Waals surface area (Å²) in [5, 5.41) is 13.4. The average Bonchev–Trinajstić information content (AvgIpc) is 2.92. The highest BCUT2D eigenvalue weighted by atomic mass is 16.4. The Kier molecular flexibility index (Phi) is 2.38. The van der Waals surface area contributed by atoms with E-state index in [1.807, 2.05) is 13.0 Å². The van der Waals surface area contributed by atoms with Crippen LogP contribution in [-0.4, -0.2) is 25.7 Å². The fourth-order valence-electron chi connectivity index (χ4n) is 1.94. The normalized spacial score (nSPS) is 11.1. The third kappa shape index (κ3) is 1.87. The third-order valence-corrected chi connectivity index (χ3v) is 2.76. The molecule has 0 fully saturated rings. The third-order valence-electron chi connectivity index (χ3n) is 2.76. The number of carbonyl (C=O) groups is 1. The molecule has 1 N–H and O–H groups in total. The van der Waals surface area contributed by atoms with Crippen LogP contribution in [0.2, 0.25) is 0 Å². The molecule has 0 amide bonds. The second-order valence-electron chi connectivity index (χ2n) is 4.30. The molecule has 96 valence electrons. The van der Waals surface area contributed by atoms with Crippen molar-refractivity contribution in [1.82, 2.24) is 14.6 Å². The lowest BCUT2D eigenvalue weighted by atomic mass is 10.2. The molecule has 0 saturated heterocycles. The van der Waals surface area contributed by atoms with Crippen LogP contribution in [0.15, 0.2) is 28.7 Å². The van der Waals surface area contributed by atoms with Crippen LogP contribution in [0.1, 0.15) is 21.9 Å². The molecule has 0 atom stereocenters. The molecule has 0 unspecified atom stereocenters. The van der Waals surface area contributed by atoms with E-state index in [0.29, 0.717) is 22.8 Å². The molecule has 0 saturated carbocycles. The maximum Gasteiger partial charge on any atom is 0.354 e. The van der Waals surface area contributed by atoms with E-state index in [9.17, 15) is 9.90 Å². The Bertz CT molecular complexity index is 786. The van der Waals surface area contributed by atoms with Crippen molar-refractivity contribution in [1.29, 1.82) is 0 Å². The van der Waals surface area contributed by atoms with Crippen molar-refractivity contribution in [3.05, 3.63) is 41.4 Å². The maximum atomic E-state index is 11.3. The van der Waals surface area contributed by atoms with Crippen LogP contribution in [0, 0.1) is 13.8 Å². The summed E-state index contributed by atoms with van der Waals surface area (Å²) in [5.41, 5.74) is 1.74. The molecule has 3 heterocycles. The minimum absolute atomic E-state index is 0.0575. The molecule has 0 aromatic carbocycles. The highest BCUT2D eigenvalue weighted by molar-refractivity contribution is 5.87. The molecule has 19 heavy (non-hydrogen) atoms. The monoisotopic (exact) mass is 257 g/mol. The summed E-state index contributed by atoms with van der Waals surface area (Å²) in [6.45, 7) is 3.61. The van der Waals surface area contributed by atoms with E-state index in [0.717, 1.165) is 5.76 Å². The first-order chi connectivity index (χ1) is 9.04. The predicted molar refractivity (Wildman–Crippen MR) is 67.1 cm³/mol. The first kappa shape index (κ1) is 11.5. The number of aryl methyl sites for hydroxylation is 2. The summed E-state index contributed by atoms with van der Waals surface area (Å²) in [7, 11) is 0. The van der Waals surface area contributed by atoms with E-state index in [-0.39, 0.29) is 5.69 Å². The number of hydrogen-bond acceptors (Lipinski definition) is 4. The van der Waals surface area contributed by atoms with Crippen LogP contribution in [-0.2, 0) is 0 Å². The molecule has 3 rings (SSSR count). The van der Waals surface area contributed by atoms with Gasteiger partial charge in [-0.25, -0.2) is 14.3 Å². The van der Waals surface area contributed by atoms with E-state index in [2.05, 4.69) is 10.1 Å². The van der Waals surface area contributed by atoms with Gasteiger partial charge < -0.3 is 9.52 Å². The lowest BCUT2D eigenvalue weighted by molar-refractivity contribution is 0.0687. The van der Waals surface area contributed by atoms with Gasteiger partial charge in [0.2, 0.25) is 0 Å². The highest BCUT2D eigenvalue weighted by Gasteiger charge is 2.16. The fourth-order valence-corrected chi connectivity index (χ4v) is 1.94. The van der Waals surface area contributed by atoms with Gasteiger partial charge in [-0.3, -0.25) is 0 Å². The Hall–Kier alpha value is -2.63. The van der Waals surface area contributed by atoms with Crippen molar-refractivity contribution >= 4 is 11.6 Å². The number of carboxylic acids is 1. The summed E-state index contributed by atoms with van der Waals surface area (Å²) < 4.78 is 6.79. The second kappa shape index (κ2) is 3.94. The molecule has 6 nitrogen and oxygen atoms in total. The van der Waals surface area contributed by atoms with E-state index in [4.69, 9.17) is 4.42 Å². The van der Waals surface area contributed by atoms with Crippen molar-refractivity contribution in [2.45, 2.75) is 13.8 Å². The van der Waals surface area contributed by atoms with Crippen molar-refractivity contribution in [2.75, 3.05) is 0 Å².